The van der Waals surface area contributed by atoms with Gasteiger partial charge in [0.1, 0.15) is 0 Å². The molecule has 180 valence electrons. The molecule has 34 heavy (non-hydrogen) atoms. The smallest absolute Gasteiger partial charge is 0.416 e. The van der Waals surface area contributed by atoms with Crippen LogP contribution in [-0.4, -0.2) is 19.5 Å². The number of hydrogen-bond acceptors (Lipinski definition) is 3. The first-order chi connectivity index (χ1) is 15.6. The number of sulfonamides is 1. The van der Waals surface area contributed by atoms with E-state index in [1.54, 1.807) is 0 Å². The zero-order valence-electron chi connectivity index (χ0n) is 17.1. The minimum atomic E-state index is -5.01. The van der Waals surface area contributed by atoms with Crippen LogP contribution in [0.3, 0.4) is 0 Å². The molecule has 0 spiro atoms. The number of nitrogens with one attached hydrogen (secondary N) is 1. The van der Waals surface area contributed by atoms with Crippen molar-refractivity contribution in [3.8, 4) is 11.1 Å². The summed E-state index contributed by atoms with van der Waals surface area (Å²) in [5, 5.41) is 9.17. The fourth-order valence-corrected chi connectivity index (χ4v) is 4.15. The van der Waals surface area contributed by atoms with E-state index in [1.807, 2.05) is 0 Å². The second-order valence-corrected chi connectivity index (χ2v) is 8.94. The highest BCUT2D eigenvalue weighted by Crippen LogP contribution is 2.38. The zero-order chi connectivity index (χ0) is 25.5. The first-order valence-electron chi connectivity index (χ1n) is 9.34. The molecule has 3 rings (SSSR count). The molecule has 3 aromatic carbocycles. The number of halogens is 6. The van der Waals surface area contributed by atoms with Crippen LogP contribution in [0.2, 0.25) is 0 Å². The van der Waals surface area contributed by atoms with Gasteiger partial charge >= 0.3 is 18.3 Å². The molecule has 0 saturated heterocycles. The highest BCUT2D eigenvalue weighted by atomic mass is 32.2. The number of carboxylic acids is 1. The molecule has 2 N–H and O–H groups in total. The summed E-state index contributed by atoms with van der Waals surface area (Å²) < 4.78 is 106. The van der Waals surface area contributed by atoms with Crippen molar-refractivity contribution in [3.05, 3.63) is 82.9 Å². The van der Waals surface area contributed by atoms with Crippen LogP contribution in [0.5, 0.6) is 0 Å². The van der Waals surface area contributed by atoms with Gasteiger partial charge < -0.3 is 5.11 Å². The third-order valence-electron chi connectivity index (χ3n) is 4.81. The Labute approximate surface area is 189 Å². The molecule has 0 amide bonds. The van der Waals surface area contributed by atoms with E-state index in [2.05, 4.69) is 4.72 Å². The molecule has 0 atom stereocenters. The van der Waals surface area contributed by atoms with Crippen LogP contribution in [0.25, 0.3) is 11.1 Å². The van der Waals surface area contributed by atoms with E-state index >= 15 is 0 Å². The van der Waals surface area contributed by atoms with Crippen LogP contribution in [0.15, 0.2) is 65.6 Å². The van der Waals surface area contributed by atoms with E-state index in [-0.39, 0.29) is 33.3 Å². The van der Waals surface area contributed by atoms with Gasteiger partial charge in [0.2, 0.25) is 0 Å². The number of alkyl halides is 6. The summed E-state index contributed by atoms with van der Waals surface area (Å²) in [6.07, 6.45) is -10.0. The van der Waals surface area contributed by atoms with Crippen molar-refractivity contribution in [1.29, 1.82) is 0 Å². The number of anilines is 1. The summed E-state index contributed by atoms with van der Waals surface area (Å²) in [5.41, 5.74) is -3.24. The van der Waals surface area contributed by atoms with Crippen LogP contribution < -0.4 is 4.72 Å². The number of benzene rings is 3. The number of carbonyl (C=O) groups is 1. The summed E-state index contributed by atoms with van der Waals surface area (Å²) in [6, 6.07) is 9.25. The Morgan fingerprint density at radius 1 is 0.794 bits per heavy atom. The minimum absolute atomic E-state index is 0.0111. The molecule has 12 heteroatoms. The van der Waals surface area contributed by atoms with Crippen LogP contribution in [0, 0.1) is 6.92 Å². The van der Waals surface area contributed by atoms with Gasteiger partial charge in [0.05, 0.1) is 21.6 Å². The van der Waals surface area contributed by atoms with Crippen LogP contribution in [0.1, 0.15) is 27.0 Å². The van der Waals surface area contributed by atoms with Gasteiger partial charge in [-0.1, -0.05) is 18.2 Å². The number of aryl methyl sites for hydroxylation is 1. The second kappa shape index (κ2) is 8.67. The Balaban J connectivity index is 1.94. The first kappa shape index (κ1) is 25.1. The molecule has 0 heterocycles. The predicted octanol–water partition coefficient (Wildman–Crippen LogP) is 6.20. The van der Waals surface area contributed by atoms with Gasteiger partial charge in [-0.2, -0.15) is 26.3 Å². The molecular formula is C22H15F6NO4S. The van der Waals surface area contributed by atoms with E-state index in [0.29, 0.717) is 17.7 Å². The fourth-order valence-electron chi connectivity index (χ4n) is 3.07. The molecule has 0 aliphatic rings. The first-order valence-corrected chi connectivity index (χ1v) is 10.8. The van der Waals surface area contributed by atoms with Crippen molar-refractivity contribution in [2.45, 2.75) is 24.2 Å². The van der Waals surface area contributed by atoms with Gasteiger partial charge in [-0.05, 0) is 66.1 Å². The number of rotatable bonds is 5. The molecule has 3 aromatic rings. The quantitative estimate of drug-likeness (QED) is 0.406. The molecule has 0 unspecified atom stereocenters. The van der Waals surface area contributed by atoms with E-state index in [4.69, 9.17) is 5.11 Å². The summed E-state index contributed by atoms with van der Waals surface area (Å²) in [4.78, 5) is 10.9. The molecule has 0 bridgehead atoms. The minimum Gasteiger partial charge on any atom is -0.478 e. The molecule has 0 aromatic heterocycles. The summed E-state index contributed by atoms with van der Waals surface area (Å²) in [6.45, 7) is 1.49. The average molecular weight is 503 g/mol. The molecule has 0 saturated carbocycles. The Bertz CT molecular complexity index is 1320. The number of aromatic carboxylic acids is 1. The van der Waals surface area contributed by atoms with Crippen molar-refractivity contribution in [2.24, 2.45) is 0 Å². The van der Waals surface area contributed by atoms with Gasteiger partial charge in [-0.15, -0.1) is 0 Å². The summed E-state index contributed by atoms with van der Waals surface area (Å²) in [7, 11) is -4.23. The Morgan fingerprint density at radius 3 is 1.79 bits per heavy atom. The molecule has 5 nitrogen and oxygen atoms in total. The third kappa shape index (κ3) is 5.50. The van der Waals surface area contributed by atoms with Crippen molar-refractivity contribution >= 4 is 21.7 Å². The van der Waals surface area contributed by atoms with Gasteiger partial charge in [0.25, 0.3) is 10.0 Å². The van der Waals surface area contributed by atoms with Crippen LogP contribution >= 0.6 is 0 Å². The standard InChI is InChI=1S/C22H15F6NO4S/c1-12-2-7-18(11-19(12)20(30)31)34(32,33)29-17-5-3-13(4-6-17)14-8-15(21(23,24)25)10-16(9-14)22(26,27)28/h2-11,29H,1H3,(H,30,31). The van der Waals surface area contributed by atoms with Crippen molar-refractivity contribution in [2.75, 3.05) is 4.72 Å². The molecule has 0 aliphatic carbocycles. The van der Waals surface area contributed by atoms with Crippen molar-refractivity contribution < 1.29 is 44.7 Å². The van der Waals surface area contributed by atoms with E-state index < -0.39 is 39.5 Å². The maximum atomic E-state index is 13.1. The average Bonchev–Trinajstić information content (AvgIpc) is 2.72. The maximum absolute atomic E-state index is 13.1. The molecule has 0 radical (unpaired) electrons. The molecule has 0 fully saturated rings. The van der Waals surface area contributed by atoms with E-state index in [1.165, 1.54) is 19.1 Å². The lowest BCUT2D eigenvalue weighted by atomic mass is 9.99. The van der Waals surface area contributed by atoms with Crippen LogP contribution in [0.4, 0.5) is 32.0 Å². The van der Waals surface area contributed by atoms with Crippen molar-refractivity contribution in [1.82, 2.24) is 0 Å². The highest BCUT2D eigenvalue weighted by molar-refractivity contribution is 7.92. The Hall–Kier alpha value is -3.54. The second-order valence-electron chi connectivity index (χ2n) is 7.26. The van der Waals surface area contributed by atoms with E-state index in [9.17, 15) is 39.6 Å². The SMILES string of the molecule is Cc1ccc(S(=O)(=O)Nc2ccc(-c3cc(C(F)(F)F)cc(C(F)(F)F)c3)cc2)cc1C(=O)O. The number of hydrogen-bond donors (Lipinski definition) is 2. The number of carboxylic acid groups (broad SMARTS) is 1. The monoisotopic (exact) mass is 503 g/mol. The maximum Gasteiger partial charge on any atom is 0.416 e. The lowest BCUT2D eigenvalue weighted by molar-refractivity contribution is -0.143. The normalized spacial score (nSPS) is 12.4. The Kier molecular flexibility index (Phi) is 6.40. The zero-order valence-corrected chi connectivity index (χ0v) is 17.9. The fraction of sp³-hybridized carbons (Fsp3) is 0.136. The largest absolute Gasteiger partial charge is 0.478 e. The van der Waals surface area contributed by atoms with Crippen molar-refractivity contribution in [3.63, 3.8) is 0 Å². The van der Waals surface area contributed by atoms with E-state index in [0.717, 1.165) is 30.3 Å². The Morgan fingerprint density at radius 2 is 1.32 bits per heavy atom. The topological polar surface area (TPSA) is 83.5 Å². The molecule has 0 aliphatic heterocycles. The lowest BCUT2D eigenvalue weighted by Gasteiger charge is -2.15. The lowest BCUT2D eigenvalue weighted by Crippen LogP contribution is -2.14. The van der Waals surface area contributed by atoms with Gasteiger partial charge in [0, 0.05) is 5.69 Å². The third-order valence-corrected chi connectivity index (χ3v) is 6.19. The summed E-state index contributed by atoms with van der Waals surface area (Å²) >= 11 is 0. The van der Waals surface area contributed by atoms with Crippen LogP contribution in [-0.2, 0) is 22.4 Å². The van der Waals surface area contributed by atoms with Gasteiger partial charge in [0.15, 0.2) is 0 Å². The molecular weight excluding hydrogens is 488 g/mol. The summed E-state index contributed by atoms with van der Waals surface area (Å²) in [5.74, 6) is -1.32. The highest BCUT2D eigenvalue weighted by Gasteiger charge is 2.37. The predicted molar refractivity (Wildman–Crippen MR) is 111 cm³/mol. The van der Waals surface area contributed by atoms with Gasteiger partial charge in [-0.25, -0.2) is 13.2 Å². The van der Waals surface area contributed by atoms with Gasteiger partial charge in [-0.3, -0.25) is 4.72 Å².